The molecule has 10 aromatic rings. The van der Waals surface area contributed by atoms with E-state index in [1.54, 1.807) is 24.3 Å². The fraction of sp³-hybridized carbons (Fsp3) is 0.279. The first kappa shape index (κ1) is 54.3. The summed E-state index contributed by atoms with van der Waals surface area (Å²) < 4.78 is 19.0. The average molecular weight is 1080 g/mol. The van der Waals surface area contributed by atoms with Crippen LogP contribution in [0.15, 0.2) is 123 Å². The van der Waals surface area contributed by atoms with E-state index in [0.717, 1.165) is 46.8 Å². The minimum Gasteiger partial charge on any atom is -0.397 e. The van der Waals surface area contributed by atoms with Gasteiger partial charge in [0.05, 0.1) is 114 Å². The van der Waals surface area contributed by atoms with Crippen molar-refractivity contribution in [2.45, 2.75) is 71.9 Å². The summed E-state index contributed by atoms with van der Waals surface area (Å²) in [6.07, 6.45) is 5.49. The first-order valence-corrected chi connectivity index (χ1v) is 26.8. The van der Waals surface area contributed by atoms with Crippen LogP contribution in [0.5, 0.6) is 0 Å². The molecule has 0 amide bonds. The number of benzene rings is 8. The molecule has 10 N–H and O–H groups in total. The Bertz CT molecular complexity index is 4520. The number of unbranched alkanes of at least 4 members (excludes halogenated alkanes) is 1. The average Bonchev–Trinajstić information content (AvgIpc) is 3.86. The summed E-state index contributed by atoms with van der Waals surface area (Å²) in [7, 11) is 0. The van der Waals surface area contributed by atoms with Crippen LogP contribution < -0.4 is 77.5 Å². The number of nitrogens with one attached hydrogen (secondary N) is 2. The summed E-state index contributed by atoms with van der Waals surface area (Å²) in [4.78, 5) is 112. The van der Waals surface area contributed by atoms with Crippen LogP contribution in [0.3, 0.4) is 0 Å². The van der Waals surface area contributed by atoms with Crippen molar-refractivity contribution >= 4 is 110 Å². The smallest absolute Gasteiger partial charge is 0.263 e. The lowest BCUT2D eigenvalue weighted by atomic mass is 9.96. The van der Waals surface area contributed by atoms with Crippen molar-refractivity contribution in [2.75, 3.05) is 73.2 Å². The van der Waals surface area contributed by atoms with Crippen molar-refractivity contribution in [2.24, 2.45) is 0 Å². The van der Waals surface area contributed by atoms with Gasteiger partial charge in [-0.2, -0.15) is 0 Å². The molecule has 0 aliphatic rings. The minimum atomic E-state index is -0.731. The molecule has 19 nitrogen and oxygen atoms in total. The van der Waals surface area contributed by atoms with E-state index in [1.165, 1.54) is 17.7 Å². The lowest BCUT2D eigenvalue weighted by molar-refractivity contribution is 0.0128. The van der Waals surface area contributed by atoms with Crippen LogP contribution in [0.25, 0.3) is 64.6 Å². The van der Waals surface area contributed by atoms with Crippen LogP contribution in [0.4, 0.5) is 45.5 Å². The molecule has 0 fully saturated rings. The molecule has 19 heteroatoms. The van der Waals surface area contributed by atoms with E-state index < -0.39 is 44.0 Å². The van der Waals surface area contributed by atoms with Crippen molar-refractivity contribution in [3.05, 3.63) is 178 Å². The lowest BCUT2D eigenvalue weighted by Gasteiger charge is -2.12. The third-order valence-electron chi connectivity index (χ3n) is 14.9. The molecule has 0 saturated heterocycles. The molecule has 2 heterocycles. The number of aromatic nitrogens is 2. The number of hydrogen-bond acceptors (Lipinski definition) is 17. The number of ether oxygens (including phenoxy) is 3. The first-order chi connectivity index (χ1) is 38.7. The molecule has 410 valence electrons. The van der Waals surface area contributed by atoms with E-state index in [-0.39, 0.29) is 153 Å². The van der Waals surface area contributed by atoms with E-state index in [9.17, 15) is 38.4 Å². The van der Waals surface area contributed by atoms with Crippen LogP contribution >= 0.6 is 0 Å². The second-order valence-electron chi connectivity index (χ2n) is 20.0. The van der Waals surface area contributed by atoms with Crippen LogP contribution in [0.2, 0.25) is 0 Å². The van der Waals surface area contributed by atoms with Crippen LogP contribution in [0, 0.1) is 0 Å². The fourth-order valence-corrected chi connectivity index (χ4v) is 10.9. The predicted octanol–water partition coefficient (Wildman–Crippen LogP) is 6.48. The Balaban J connectivity index is 0.724. The predicted molar refractivity (Wildman–Crippen MR) is 320 cm³/mol. The molecule has 2 aromatic heterocycles. The first-order valence-electron chi connectivity index (χ1n) is 26.8. The monoisotopic (exact) mass is 1080 g/mol. The summed E-state index contributed by atoms with van der Waals surface area (Å²) in [6.45, 7) is 5.20. The maximum absolute atomic E-state index is 14.3. The highest BCUT2D eigenvalue weighted by Crippen LogP contribution is 2.35. The van der Waals surface area contributed by atoms with Gasteiger partial charge in [-0.25, -0.2) is 0 Å². The normalized spacial score (nSPS) is 11.9. The Morgan fingerprint density at radius 1 is 0.375 bits per heavy atom. The maximum atomic E-state index is 14.3. The van der Waals surface area contributed by atoms with Gasteiger partial charge in [-0.05, 0) is 79.6 Å². The Morgan fingerprint density at radius 2 is 0.725 bits per heavy atom. The number of nitrogen functional groups attached to an aromatic ring is 4. The molecule has 0 radical (unpaired) electrons. The molecule has 8 aromatic carbocycles. The lowest BCUT2D eigenvalue weighted by Crippen LogP contribution is -2.26. The van der Waals surface area contributed by atoms with Gasteiger partial charge in [0.15, 0.2) is 21.7 Å². The van der Waals surface area contributed by atoms with Crippen LogP contribution in [0.1, 0.15) is 57.1 Å². The van der Waals surface area contributed by atoms with Crippen molar-refractivity contribution < 1.29 is 14.2 Å². The molecule has 0 aliphatic carbocycles. The van der Waals surface area contributed by atoms with Crippen molar-refractivity contribution in [3.8, 4) is 0 Å². The Labute approximate surface area is 455 Å². The van der Waals surface area contributed by atoms with Gasteiger partial charge in [0.25, 0.3) is 22.2 Å². The number of rotatable bonds is 23. The number of aryl methyl sites for hydroxylation is 2. The zero-order chi connectivity index (χ0) is 56.5. The van der Waals surface area contributed by atoms with Gasteiger partial charge in [0.1, 0.15) is 0 Å². The van der Waals surface area contributed by atoms with Gasteiger partial charge in [0, 0.05) is 48.5 Å². The van der Waals surface area contributed by atoms with Gasteiger partial charge in [-0.3, -0.25) is 47.5 Å². The molecular formula is C61H60N8O11. The van der Waals surface area contributed by atoms with Gasteiger partial charge in [0.2, 0.25) is 0 Å². The van der Waals surface area contributed by atoms with E-state index in [2.05, 4.69) is 24.5 Å². The maximum Gasteiger partial charge on any atom is 0.263 e. The second kappa shape index (κ2) is 22.7. The SMILES string of the molecule is CCCCc1ccc(Nc2cccc3c(=O)c4c(N)c5c(=O)n(CCCOCCOCCOCCCn6c(=O)c7c(N)c8c(=O)c9cccc(Nc%10ccc(CCC)cc%10)c9c(=O)c8c(N)c7c6=O)c(=O)c5c(N)c4c(=O)c23)cc1. The van der Waals surface area contributed by atoms with Crippen molar-refractivity contribution in [3.63, 3.8) is 0 Å². The molecule has 0 unspecified atom stereocenters. The van der Waals surface area contributed by atoms with E-state index in [0.29, 0.717) is 22.7 Å². The van der Waals surface area contributed by atoms with E-state index in [1.807, 2.05) is 48.5 Å². The third kappa shape index (κ3) is 9.62. The van der Waals surface area contributed by atoms with Crippen molar-refractivity contribution in [1.29, 1.82) is 0 Å². The third-order valence-corrected chi connectivity index (χ3v) is 14.9. The highest BCUT2D eigenvalue weighted by molar-refractivity contribution is 6.23. The van der Waals surface area contributed by atoms with Gasteiger partial charge in [-0.15, -0.1) is 0 Å². The number of fused-ring (bicyclic) bond motifs is 6. The fourth-order valence-electron chi connectivity index (χ4n) is 10.9. The largest absolute Gasteiger partial charge is 0.397 e. The van der Waals surface area contributed by atoms with E-state index in [4.69, 9.17) is 37.1 Å². The summed E-state index contributed by atoms with van der Waals surface area (Å²) in [5.41, 5.74) is 24.2. The topological polar surface area (TPSA) is 302 Å². The molecule has 0 aliphatic heterocycles. The Kier molecular flexibility index (Phi) is 15.4. The molecular weight excluding hydrogens is 1020 g/mol. The molecule has 0 spiro atoms. The number of nitrogens with two attached hydrogens (primary N) is 4. The standard InChI is InChI=1S/C61H60N8O11/c1-3-5-11-33-18-22-35(23-19-33)67-39-15-7-13-37-41(39)57(73)45-43(55(37)71)51(63)47-49(53(45)65)61(77)69(59(47)75)25-9-27-79-29-31-80-30-28-78-26-8-24-68-58(74)46-48(60(68)76)52(64)44-42(50(46)62)54(70)36-12-6-14-38(40(36)56(44)72)66-34-20-16-32(10-4-2)17-21-34/h6-7,12-23,66-67H,3-5,8-11,24-31,62-65H2,1-2H3. The molecule has 0 atom stereocenters. The van der Waals surface area contributed by atoms with Crippen LogP contribution in [-0.2, 0) is 40.1 Å². The van der Waals surface area contributed by atoms with Gasteiger partial charge in [-0.1, -0.05) is 75.2 Å². The second-order valence-corrected chi connectivity index (χ2v) is 20.0. The summed E-state index contributed by atoms with van der Waals surface area (Å²) in [5, 5.41) is 5.18. The Hall–Kier alpha value is -9.04. The summed E-state index contributed by atoms with van der Waals surface area (Å²) in [5.74, 6) is 0. The zero-order valence-corrected chi connectivity index (χ0v) is 44.4. The highest BCUT2D eigenvalue weighted by Gasteiger charge is 2.28. The van der Waals surface area contributed by atoms with Gasteiger partial charge >= 0.3 is 0 Å². The van der Waals surface area contributed by atoms with Gasteiger partial charge < -0.3 is 47.8 Å². The quantitative estimate of drug-likeness (QED) is 0.0173. The molecule has 10 rings (SSSR count). The van der Waals surface area contributed by atoms with E-state index >= 15 is 0 Å². The summed E-state index contributed by atoms with van der Waals surface area (Å²) in [6, 6.07) is 25.3. The van der Waals surface area contributed by atoms with Crippen LogP contribution in [-0.4, -0.2) is 48.8 Å². The number of nitrogens with zero attached hydrogens (tertiary/aromatic N) is 2. The highest BCUT2D eigenvalue weighted by atomic mass is 16.5. The summed E-state index contributed by atoms with van der Waals surface area (Å²) >= 11 is 0. The minimum absolute atomic E-state index is 0.0517. The molecule has 0 saturated carbocycles. The molecule has 80 heavy (non-hydrogen) atoms. The van der Waals surface area contributed by atoms with Crippen molar-refractivity contribution in [1.82, 2.24) is 9.13 Å². The number of anilines is 8. The zero-order valence-electron chi connectivity index (χ0n) is 44.4. The molecule has 0 bridgehead atoms. The number of hydrogen-bond donors (Lipinski definition) is 6. The Morgan fingerprint density at radius 3 is 1.09 bits per heavy atom.